The van der Waals surface area contributed by atoms with Gasteiger partial charge in [0.05, 0.1) is 33.7 Å². The number of phenolic OH excluding ortho intramolecular Hbond substituents is 1. The first-order chi connectivity index (χ1) is 21.3. The molecule has 1 saturated carbocycles. The number of aromatic nitrogens is 2. The Morgan fingerprint density at radius 1 is 1.16 bits per heavy atom. The first-order valence-corrected chi connectivity index (χ1v) is 15.3. The predicted molar refractivity (Wildman–Crippen MR) is 172 cm³/mol. The van der Waals surface area contributed by atoms with Crippen LogP contribution in [-0.4, -0.2) is 44.3 Å². The van der Waals surface area contributed by atoms with E-state index in [1.165, 1.54) is 30.3 Å². The van der Waals surface area contributed by atoms with Crippen molar-refractivity contribution in [3.05, 3.63) is 76.6 Å². The summed E-state index contributed by atoms with van der Waals surface area (Å²) in [6, 6.07) is 8.48. The number of hydrogen-bond donors (Lipinski definition) is 4. The van der Waals surface area contributed by atoms with Crippen LogP contribution in [0, 0.1) is 11.6 Å². The van der Waals surface area contributed by atoms with Crippen molar-refractivity contribution in [1.82, 2.24) is 14.9 Å². The van der Waals surface area contributed by atoms with Gasteiger partial charge >= 0.3 is 6.09 Å². The molecule has 0 spiro atoms. The van der Waals surface area contributed by atoms with Gasteiger partial charge in [-0.3, -0.25) is 0 Å². The molecule has 0 bridgehead atoms. The summed E-state index contributed by atoms with van der Waals surface area (Å²) >= 11 is 6.27. The van der Waals surface area contributed by atoms with E-state index >= 15 is 0 Å². The van der Waals surface area contributed by atoms with E-state index in [2.05, 4.69) is 20.7 Å². The molecule has 0 unspecified atom stereocenters. The van der Waals surface area contributed by atoms with Crippen molar-refractivity contribution in [3.8, 4) is 16.9 Å². The smallest absolute Gasteiger partial charge is 0.407 e. The van der Waals surface area contributed by atoms with E-state index in [1.54, 1.807) is 16.9 Å². The van der Waals surface area contributed by atoms with Crippen molar-refractivity contribution in [2.24, 2.45) is 10.7 Å². The number of aliphatic imine (C=N–C) groups is 1. The summed E-state index contributed by atoms with van der Waals surface area (Å²) < 4.78 is 35.5. The number of nitrogens with zero attached hydrogens (tertiary/aromatic N) is 3. The van der Waals surface area contributed by atoms with Crippen LogP contribution in [0.1, 0.15) is 64.5 Å². The predicted octanol–water partition coefficient (Wildman–Crippen LogP) is 7.49. The van der Waals surface area contributed by atoms with Gasteiger partial charge in [-0.05, 0) is 94.3 Å². The minimum atomic E-state index is -0.718. The van der Waals surface area contributed by atoms with Crippen molar-refractivity contribution in [2.75, 3.05) is 5.32 Å². The Morgan fingerprint density at radius 2 is 1.87 bits per heavy atom. The zero-order chi connectivity index (χ0) is 32.5. The molecule has 1 fully saturated rings. The van der Waals surface area contributed by atoms with Crippen LogP contribution in [0.4, 0.5) is 25.0 Å². The Hall–Kier alpha value is -4.38. The largest absolute Gasteiger partial charge is 0.505 e. The third-order valence-corrected chi connectivity index (χ3v) is 8.04. The van der Waals surface area contributed by atoms with E-state index in [0.717, 1.165) is 31.2 Å². The molecule has 2 heterocycles. The van der Waals surface area contributed by atoms with E-state index in [9.17, 15) is 18.7 Å². The number of carbonyl (C=O) groups excluding carboxylic acids is 1. The molecular formula is C33H37ClF2N6O3. The second kappa shape index (κ2) is 12.9. The van der Waals surface area contributed by atoms with Crippen molar-refractivity contribution in [2.45, 2.75) is 77.5 Å². The molecule has 1 aliphatic rings. The Bertz CT molecular complexity index is 1760. The lowest BCUT2D eigenvalue weighted by Crippen LogP contribution is -2.42. The number of nitrogens with two attached hydrogens (primary N) is 1. The van der Waals surface area contributed by atoms with Gasteiger partial charge in [0.15, 0.2) is 11.6 Å². The standard InChI is InChI=1S/C33H37ClF2N6O3/c1-5-18-13-29(43)26(36)15-23(18)19-12-28-30(39-21-7-9-22(10-8-21)40-32(44)45-33(2,3)4)24(16-38-42(28)17-19)31(37)41-27-14-20(35)6-11-25(27)34/h6,11-17,21-22,39,43H,5,7-10H2,1-4H3,(H2,37,41)(H,40,44)/t21-,22-. The number of phenols is 1. The maximum Gasteiger partial charge on any atom is 0.407 e. The molecule has 5 rings (SSSR count). The number of anilines is 1. The molecule has 12 heteroatoms. The van der Waals surface area contributed by atoms with Gasteiger partial charge in [0, 0.05) is 29.9 Å². The van der Waals surface area contributed by atoms with Crippen LogP contribution in [0.5, 0.6) is 5.75 Å². The van der Waals surface area contributed by atoms with E-state index in [1.807, 2.05) is 33.8 Å². The third kappa shape index (κ3) is 7.47. The van der Waals surface area contributed by atoms with Crippen LogP contribution in [0.3, 0.4) is 0 Å². The monoisotopic (exact) mass is 638 g/mol. The molecule has 2 aromatic heterocycles. The van der Waals surface area contributed by atoms with E-state index < -0.39 is 29.1 Å². The lowest BCUT2D eigenvalue weighted by atomic mass is 9.91. The Balaban J connectivity index is 1.50. The summed E-state index contributed by atoms with van der Waals surface area (Å²) in [5.74, 6) is -1.55. The van der Waals surface area contributed by atoms with Crippen LogP contribution in [0.15, 0.2) is 53.8 Å². The molecule has 45 heavy (non-hydrogen) atoms. The summed E-state index contributed by atoms with van der Waals surface area (Å²) in [5.41, 5.74) is 10.0. The number of amidine groups is 1. The van der Waals surface area contributed by atoms with E-state index in [0.29, 0.717) is 34.3 Å². The minimum Gasteiger partial charge on any atom is -0.505 e. The molecule has 4 aromatic rings. The van der Waals surface area contributed by atoms with E-state index in [-0.39, 0.29) is 28.6 Å². The van der Waals surface area contributed by atoms with Gasteiger partial charge in [0.1, 0.15) is 17.3 Å². The second-order valence-electron chi connectivity index (χ2n) is 12.2. The highest BCUT2D eigenvalue weighted by Crippen LogP contribution is 2.35. The third-order valence-electron chi connectivity index (χ3n) is 7.72. The highest BCUT2D eigenvalue weighted by Gasteiger charge is 2.27. The zero-order valence-electron chi connectivity index (χ0n) is 25.6. The highest BCUT2D eigenvalue weighted by atomic mass is 35.5. The maximum atomic E-state index is 14.5. The average Bonchev–Trinajstić information content (AvgIpc) is 3.41. The summed E-state index contributed by atoms with van der Waals surface area (Å²) in [6.07, 6.45) is 6.45. The van der Waals surface area contributed by atoms with Crippen molar-refractivity contribution < 1.29 is 23.4 Å². The summed E-state index contributed by atoms with van der Waals surface area (Å²) in [6.45, 7) is 7.40. The van der Waals surface area contributed by atoms with Gasteiger partial charge in [-0.25, -0.2) is 23.1 Å². The fourth-order valence-corrected chi connectivity index (χ4v) is 5.70. The Morgan fingerprint density at radius 3 is 2.56 bits per heavy atom. The Kier molecular flexibility index (Phi) is 9.20. The van der Waals surface area contributed by atoms with Crippen molar-refractivity contribution in [3.63, 3.8) is 0 Å². The van der Waals surface area contributed by atoms with Gasteiger partial charge in [-0.15, -0.1) is 0 Å². The van der Waals surface area contributed by atoms with Gasteiger partial charge in [-0.2, -0.15) is 5.10 Å². The number of fused-ring (bicyclic) bond motifs is 1. The number of aryl methyl sites for hydroxylation is 1. The molecular weight excluding hydrogens is 602 g/mol. The molecule has 9 nitrogen and oxygen atoms in total. The lowest BCUT2D eigenvalue weighted by molar-refractivity contribution is 0.0492. The Labute approximate surface area is 265 Å². The summed E-state index contributed by atoms with van der Waals surface area (Å²) in [4.78, 5) is 16.7. The number of nitrogens with one attached hydrogen (secondary N) is 2. The fourth-order valence-electron chi connectivity index (χ4n) is 5.54. The van der Waals surface area contributed by atoms with Gasteiger partial charge < -0.3 is 26.2 Å². The number of ether oxygens (including phenoxy) is 1. The second-order valence-corrected chi connectivity index (χ2v) is 12.6. The molecule has 0 atom stereocenters. The zero-order valence-corrected chi connectivity index (χ0v) is 26.4. The minimum absolute atomic E-state index is 0.0201. The molecule has 0 aliphatic heterocycles. The topological polar surface area (TPSA) is 126 Å². The number of rotatable bonds is 7. The molecule has 1 aliphatic carbocycles. The number of aromatic hydroxyl groups is 1. The molecule has 5 N–H and O–H groups in total. The van der Waals surface area contributed by atoms with Crippen molar-refractivity contribution >= 4 is 40.4 Å². The lowest BCUT2D eigenvalue weighted by Gasteiger charge is -2.31. The highest BCUT2D eigenvalue weighted by molar-refractivity contribution is 6.33. The molecule has 0 radical (unpaired) electrons. The molecule has 1 amide bonds. The number of alkyl carbamates (subject to hydrolysis) is 1. The summed E-state index contributed by atoms with van der Waals surface area (Å²) in [5, 5.41) is 21.3. The van der Waals surface area contributed by atoms with Crippen LogP contribution in [-0.2, 0) is 11.2 Å². The first kappa shape index (κ1) is 32.0. The molecule has 238 valence electrons. The summed E-state index contributed by atoms with van der Waals surface area (Å²) in [7, 11) is 0. The number of hydrogen-bond acceptors (Lipinski definition) is 6. The van der Waals surface area contributed by atoms with Crippen LogP contribution >= 0.6 is 11.6 Å². The quantitative estimate of drug-likeness (QED) is 0.123. The van der Waals surface area contributed by atoms with Gasteiger partial charge in [0.2, 0.25) is 0 Å². The maximum absolute atomic E-state index is 14.5. The number of carbonyl (C=O) groups is 1. The SMILES string of the molecule is CCc1cc(O)c(F)cc1-c1cc2c(N[C@H]3CC[C@H](NC(=O)OC(C)(C)C)CC3)c(C(N)=Nc3cc(F)ccc3Cl)cnn2c1. The first-order valence-electron chi connectivity index (χ1n) is 14.9. The number of halogens is 3. The number of amides is 1. The normalized spacial score (nSPS) is 17.4. The van der Waals surface area contributed by atoms with E-state index in [4.69, 9.17) is 22.1 Å². The fraction of sp³-hybridized carbons (Fsp3) is 0.364. The van der Waals surface area contributed by atoms with Gasteiger partial charge in [0.25, 0.3) is 0 Å². The molecule has 2 aromatic carbocycles. The average molecular weight is 639 g/mol. The van der Waals surface area contributed by atoms with Crippen molar-refractivity contribution in [1.29, 1.82) is 0 Å². The van der Waals surface area contributed by atoms with Crippen LogP contribution < -0.4 is 16.4 Å². The van der Waals surface area contributed by atoms with Crippen LogP contribution in [0.2, 0.25) is 5.02 Å². The number of benzene rings is 2. The molecule has 0 saturated heterocycles. The van der Waals surface area contributed by atoms with Gasteiger partial charge in [-0.1, -0.05) is 18.5 Å². The van der Waals surface area contributed by atoms with Crippen LogP contribution in [0.25, 0.3) is 16.6 Å².